The van der Waals surface area contributed by atoms with Crippen molar-refractivity contribution in [2.75, 3.05) is 38.1 Å². The first-order valence-electron chi connectivity index (χ1n) is 9.77. The Morgan fingerprint density at radius 3 is 2.32 bits per heavy atom. The summed E-state index contributed by atoms with van der Waals surface area (Å²) in [6.07, 6.45) is -0.0685. The smallest absolute Gasteiger partial charge is 0.261 e. The van der Waals surface area contributed by atoms with Crippen LogP contribution < -0.4 is 15.0 Å². The summed E-state index contributed by atoms with van der Waals surface area (Å²) in [5.41, 5.74) is 2.26. The summed E-state index contributed by atoms with van der Waals surface area (Å²) >= 11 is 0. The van der Waals surface area contributed by atoms with E-state index in [1.54, 1.807) is 0 Å². The first kappa shape index (κ1) is 20.1. The number of nitrogens with one attached hydrogen (secondary N) is 1. The van der Waals surface area contributed by atoms with Gasteiger partial charge in [0.1, 0.15) is 11.6 Å². The van der Waals surface area contributed by atoms with Gasteiger partial charge in [-0.3, -0.25) is 4.79 Å². The fourth-order valence-corrected chi connectivity index (χ4v) is 3.19. The van der Waals surface area contributed by atoms with Gasteiger partial charge in [0.05, 0.1) is 0 Å². The molecule has 0 aliphatic carbocycles. The van der Waals surface area contributed by atoms with Crippen molar-refractivity contribution in [2.45, 2.75) is 26.0 Å². The molecule has 5 nitrogen and oxygen atoms in total. The molecule has 0 unspecified atom stereocenters. The zero-order valence-electron chi connectivity index (χ0n) is 16.5. The number of benzene rings is 2. The van der Waals surface area contributed by atoms with E-state index in [0.717, 1.165) is 31.7 Å². The Labute approximate surface area is 166 Å². The van der Waals surface area contributed by atoms with Crippen molar-refractivity contribution in [3.05, 3.63) is 59.9 Å². The van der Waals surface area contributed by atoms with Crippen LogP contribution in [-0.2, 0) is 11.3 Å². The standard InChI is InChI=1S/C22H28FN3O2/c1-3-21(28-20-10-6-18(23)7-11-20)22(27)24-16-17-4-8-19(9-5-17)26-14-12-25(2)13-15-26/h4-11,21H,3,12-16H2,1-2H3,(H,24,27)/t21-/m1/s1. The van der Waals surface area contributed by atoms with Gasteiger partial charge in [-0.2, -0.15) is 0 Å². The molecule has 1 aliphatic rings. The molecule has 6 heteroatoms. The van der Waals surface area contributed by atoms with Crippen molar-refractivity contribution in [1.82, 2.24) is 10.2 Å². The second-order valence-electron chi connectivity index (χ2n) is 7.14. The van der Waals surface area contributed by atoms with Gasteiger partial charge in [0.2, 0.25) is 0 Å². The van der Waals surface area contributed by atoms with Crippen molar-refractivity contribution < 1.29 is 13.9 Å². The van der Waals surface area contributed by atoms with Gasteiger partial charge in [-0.1, -0.05) is 19.1 Å². The van der Waals surface area contributed by atoms with Crippen LogP contribution in [0.3, 0.4) is 0 Å². The molecule has 28 heavy (non-hydrogen) atoms. The maximum atomic E-state index is 13.0. The summed E-state index contributed by atoms with van der Waals surface area (Å²) in [5.74, 6) is -0.0141. The lowest BCUT2D eigenvalue weighted by molar-refractivity contribution is -0.128. The third-order valence-corrected chi connectivity index (χ3v) is 5.03. The molecule has 1 heterocycles. The second kappa shape index (κ2) is 9.55. The molecule has 1 N–H and O–H groups in total. The van der Waals surface area contributed by atoms with Gasteiger partial charge in [0.25, 0.3) is 5.91 Å². The van der Waals surface area contributed by atoms with Crippen LogP contribution in [0.2, 0.25) is 0 Å². The van der Waals surface area contributed by atoms with Gasteiger partial charge in [-0.05, 0) is 55.4 Å². The Morgan fingerprint density at radius 2 is 1.71 bits per heavy atom. The quantitative estimate of drug-likeness (QED) is 0.796. The number of anilines is 1. The fourth-order valence-electron chi connectivity index (χ4n) is 3.19. The van der Waals surface area contributed by atoms with Gasteiger partial charge >= 0.3 is 0 Å². The Kier molecular flexibility index (Phi) is 6.87. The maximum absolute atomic E-state index is 13.0. The van der Waals surface area contributed by atoms with Gasteiger partial charge in [-0.15, -0.1) is 0 Å². The number of amides is 1. The SMILES string of the molecule is CC[C@@H](Oc1ccc(F)cc1)C(=O)NCc1ccc(N2CCN(C)CC2)cc1. The van der Waals surface area contributed by atoms with Crippen molar-refractivity contribution in [3.8, 4) is 5.75 Å². The maximum Gasteiger partial charge on any atom is 0.261 e. The third kappa shape index (κ3) is 5.45. The van der Waals surface area contributed by atoms with Gasteiger partial charge in [-0.25, -0.2) is 4.39 Å². The molecule has 0 radical (unpaired) electrons. The number of ether oxygens (including phenoxy) is 1. The van der Waals surface area contributed by atoms with Crippen LogP contribution in [-0.4, -0.2) is 50.1 Å². The van der Waals surface area contributed by atoms with Crippen LogP contribution >= 0.6 is 0 Å². The second-order valence-corrected chi connectivity index (χ2v) is 7.14. The zero-order valence-corrected chi connectivity index (χ0v) is 16.5. The Hall–Kier alpha value is -2.60. The predicted molar refractivity (Wildman–Crippen MR) is 109 cm³/mol. The monoisotopic (exact) mass is 385 g/mol. The van der Waals surface area contributed by atoms with E-state index in [1.807, 2.05) is 6.92 Å². The van der Waals surface area contributed by atoms with E-state index in [9.17, 15) is 9.18 Å². The number of carbonyl (C=O) groups is 1. The van der Waals surface area contributed by atoms with Crippen LogP contribution in [0, 0.1) is 5.82 Å². The van der Waals surface area contributed by atoms with E-state index >= 15 is 0 Å². The van der Waals surface area contributed by atoms with Crippen LogP contribution in [0.1, 0.15) is 18.9 Å². The van der Waals surface area contributed by atoms with E-state index in [4.69, 9.17) is 4.74 Å². The summed E-state index contributed by atoms with van der Waals surface area (Å²) in [6, 6.07) is 14.0. The molecule has 1 amide bonds. The highest BCUT2D eigenvalue weighted by Gasteiger charge is 2.18. The molecule has 0 spiro atoms. The average molecular weight is 385 g/mol. The van der Waals surface area contributed by atoms with Crippen molar-refractivity contribution >= 4 is 11.6 Å². The lowest BCUT2D eigenvalue weighted by Gasteiger charge is -2.34. The number of nitrogens with zero attached hydrogens (tertiary/aromatic N) is 2. The number of hydrogen-bond acceptors (Lipinski definition) is 4. The van der Waals surface area contributed by atoms with Gasteiger partial charge in [0, 0.05) is 38.4 Å². The highest BCUT2D eigenvalue weighted by atomic mass is 19.1. The van der Waals surface area contributed by atoms with Crippen molar-refractivity contribution in [1.29, 1.82) is 0 Å². The van der Waals surface area contributed by atoms with E-state index in [2.05, 4.69) is 46.4 Å². The lowest BCUT2D eigenvalue weighted by atomic mass is 10.1. The highest BCUT2D eigenvalue weighted by molar-refractivity contribution is 5.81. The van der Waals surface area contributed by atoms with E-state index in [-0.39, 0.29) is 11.7 Å². The Balaban J connectivity index is 1.50. The number of carbonyl (C=O) groups excluding carboxylic acids is 1. The number of piperazine rings is 1. The Bertz CT molecular complexity index is 756. The minimum absolute atomic E-state index is 0.171. The van der Waals surface area contributed by atoms with Crippen LogP contribution in [0.4, 0.5) is 10.1 Å². The number of halogens is 1. The summed E-state index contributed by atoms with van der Waals surface area (Å²) in [4.78, 5) is 17.2. The van der Waals surface area contributed by atoms with Crippen LogP contribution in [0.15, 0.2) is 48.5 Å². The molecule has 1 atom stereocenters. The fraction of sp³-hybridized carbons (Fsp3) is 0.409. The number of likely N-dealkylation sites (N-methyl/N-ethyl adjacent to an activating group) is 1. The topological polar surface area (TPSA) is 44.8 Å². The molecule has 0 aromatic heterocycles. The minimum Gasteiger partial charge on any atom is -0.481 e. The third-order valence-electron chi connectivity index (χ3n) is 5.03. The molecule has 1 saturated heterocycles. The van der Waals surface area contributed by atoms with Crippen LogP contribution in [0.5, 0.6) is 5.75 Å². The van der Waals surface area contributed by atoms with Crippen LogP contribution in [0.25, 0.3) is 0 Å². The molecule has 0 saturated carbocycles. The van der Waals surface area contributed by atoms with Crippen molar-refractivity contribution in [2.24, 2.45) is 0 Å². The predicted octanol–water partition coefficient (Wildman–Crippen LogP) is 3.05. The summed E-state index contributed by atoms with van der Waals surface area (Å²) in [7, 11) is 2.15. The molecule has 2 aromatic rings. The first-order valence-corrected chi connectivity index (χ1v) is 9.77. The van der Waals surface area contributed by atoms with Gasteiger partial charge < -0.3 is 19.9 Å². The summed E-state index contributed by atoms with van der Waals surface area (Å²) in [5, 5.41) is 2.93. The molecular weight excluding hydrogens is 357 g/mol. The molecule has 3 rings (SSSR count). The molecule has 150 valence electrons. The molecule has 1 aliphatic heterocycles. The molecule has 1 fully saturated rings. The van der Waals surface area contributed by atoms with E-state index < -0.39 is 6.10 Å². The Morgan fingerprint density at radius 1 is 1.07 bits per heavy atom. The molecular formula is C22H28FN3O2. The number of hydrogen-bond donors (Lipinski definition) is 1. The normalized spacial score (nSPS) is 15.9. The largest absolute Gasteiger partial charge is 0.481 e. The van der Waals surface area contributed by atoms with E-state index in [0.29, 0.717) is 18.7 Å². The highest BCUT2D eigenvalue weighted by Crippen LogP contribution is 2.18. The number of rotatable bonds is 7. The minimum atomic E-state index is -0.602. The zero-order chi connectivity index (χ0) is 19.9. The first-order chi connectivity index (χ1) is 13.5. The average Bonchev–Trinajstić information content (AvgIpc) is 2.72. The molecule has 0 bridgehead atoms. The van der Waals surface area contributed by atoms with E-state index in [1.165, 1.54) is 30.0 Å². The molecule has 2 aromatic carbocycles. The van der Waals surface area contributed by atoms with Gasteiger partial charge in [0.15, 0.2) is 6.10 Å². The van der Waals surface area contributed by atoms with Crippen molar-refractivity contribution in [3.63, 3.8) is 0 Å². The summed E-state index contributed by atoms with van der Waals surface area (Å²) < 4.78 is 18.7. The summed E-state index contributed by atoms with van der Waals surface area (Å²) in [6.45, 7) is 6.55. The lowest BCUT2D eigenvalue weighted by Crippen LogP contribution is -2.44.